The molecule has 0 bridgehead atoms. The van der Waals surface area contributed by atoms with Crippen molar-refractivity contribution in [2.45, 2.75) is 0 Å². The summed E-state index contributed by atoms with van der Waals surface area (Å²) >= 11 is 5.22. The van der Waals surface area contributed by atoms with Crippen LogP contribution in [-0.2, 0) is 0 Å². The molecule has 0 radical (unpaired) electrons. The largest absolute Gasteiger partial charge is 0.388 e. The van der Waals surface area contributed by atoms with Gasteiger partial charge in [0.15, 0.2) is 0 Å². The fourth-order valence-electron chi connectivity index (χ4n) is 1.30. The highest BCUT2D eigenvalue weighted by Crippen LogP contribution is 2.32. The van der Waals surface area contributed by atoms with Crippen molar-refractivity contribution in [3.8, 4) is 10.4 Å². The second kappa shape index (κ2) is 4.15. The van der Waals surface area contributed by atoms with E-state index in [1.54, 1.807) is 11.3 Å². The van der Waals surface area contributed by atoms with Gasteiger partial charge in [0.2, 0.25) is 0 Å². The van der Waals surface area contributed by atoms with Crippen molar-refractivity contribution >= 4 is 33.0 Å². The molecule has 1 nitrogen and oxygen atoms in total. The molecule has 1 heterocycles. The second-order valence-electron chi connectivity index (χ2n) is 2.93. The molecule has 0 unspecified atom stereocenters. The van der Waals surface area contributed by atoms with E-state index in [-0.39, 0.29) is 0 Å². The predicted molar refractivity (Wildman–Crippen MR) is 67.0 cm³/mol. The number of thiophene rings is 1. The highest BCUT2D eigenvalue weighted by Gasteiger charge is 2.01. The Kier molecular flexibility index (Phi) is 2.89. The van der Waals surface area contributed by atoms with E-state index < -0.39 is 0 Å². The molecule has 0 aliphatic carbocycles. The fraction of sp³-hybridized carbons (Fsp3) is 0.0909. The first-order valence-corrected chi connectivity index (χ1v) is 5.94. The van der Waals surface area contributed by atoms with Crippen molar-refractivity contribution in [1.29, 1.82) is 0 Å². The number of benzene rings is 1. The first kappa shape index (κ1) is 9.74. The maximum atomic E-state index is 3.47. The molecule has 0 spiro atoms. The van der Waals surface area contributed by atoms with Crippen molar-refractivity contribution < 1.29 is 0 Å². The summed E-state index contributed by atoms with van der Waals surface area (Å²) in [5.74, 6) is 0. The highest BCUT2D eigenvalue weighted by atomic mass is 79.9. The van der Waals surface area contributed by atoms with Gasteiger partial charge in [0.1, 0.15) is 0 Å². The minimum atomic E-state index is 1.15. The molecular weight excluding hydrogens is 258 g/mol. The molecule has 0 saturated carbocycles. The summed E-state index contributed by atoms with van der Waals surface area (Å²) < 4.78 is 1.17. The van der Waals surface area contributed by atoms with Crippen LogP contribution in [-0.4, -0.2) is 7.05 Å². The molecular formula is C11H10BrNS. The summed E-state index contributed by atoms with van der Waals surface area (Å²) in [5.41, 5.74) is 2.40. The third-order valence-corrected chi connectivity index (χ3v) is 3.68. The molecule has 0 saturated heterocycles. The molecule has 0 aliphatic rings. The van der Waals surface area contributed by atoms with Crippen molar-refractivity contribution in [1.82, 2.24) is 0 Å². The molecule has 2 aromatic rings. The molecule has 0 amide bonds. The number of halogens is 1. The van der Waals surface area contributed by atoms with E-state index in [0.717, 1.165) is 5.69 Å². The molecule has 14 heavy (non-hydrogen) atoms. The monoisotopic (exact) mass is 267 g/mol. The number of rotatable bonds is 2. The van der Waals surface area contributed by atoms with Gasteiger partial charge in [-0.2, -0.15) is 0 Å². The smallest absolute Gasteiger partial charge is 0.0705 e. The van der Waals surface area contributed by atoms with Gasteiger partial charge in [-0.1, -0.05) is 12.1 Å². The van der Waals surface area contributed by atoms with E-state index in [0.29, 0.717) is 0 Å². The van der Waals surface area contributed by atoms with Gasteiger partial charge < -0.3 is 5.32 Å². The van der Waals surface area contributed by atoms with Gasteiger partial charge in [-0.15, -0.1) is 11.3 Å². The average molecular weight is 268 g/mol. The van der Waals surface area contributed by atoms with Gasteiger partial charge in [-0.25, -0.2) is 0 Å². The lowest BCUT2D eigenvalue weighted by atomic mass is 10.2. The van der Waals surface area contributed by atoms with Crippen molar-refractivity contribution in [3.05, 3.63) is 40.2 Å². The van der Waals surface area contributed by atoms with Crippen LogP contribution in [0.2, 0.25) is 0 Å². The van der Waals surface area contributed by atoms with E-state index in [2.05, 4.69) is 57.6 Å². The highest BCUT2D eigenvalue weighted by molar-refractivity contribution is 9.11. The van der Waals surface area contributed by atoms with Gasteiger partial charge in [0.25, 0.3) is 0 Å². The normalized spacial score (nSPS) is 10.1. The third kappa shape index (κ3) is 1.99. The molecule has 0 aliphatic heterocycles. The van der Waals surface area contributed by atoms with E-state index in [9.17, 15) is 0 Å². The minimum absolute atomic E-state index is 1.15. The lowest BCUT2D eigenvalue weighted by Crippen LogP contribution is -1.86. The Bertz CT molecular complexity index is 436. The average Bonchev–Trinajstić information content (AvgIpc) is 2.65. The SMILES string of the molecule is CNc1cccc(-c2ccc(Br)s2)c1. The molecule has 1 N–H and O–H groups in total. The van der Waals surface area contributed by atoms with E-state index in [1.165, 1.54) is 14.2 Å². The number of nitrogens with one attached hydrogen (secondary N) is 1. The first-order chi connectivity index (χ1) is 6.79. The molecule has 3 heteroatoms. The second-order valence-corrected chi connectivity index (χ2v) is 5.40. The van der Waals surface area contributed by atoms with E-state index >= 15 is 0 Å². The van der Waals surface area contributed by atoms with Crippen LogP contribution in [0.3, 0.4) is 0 Å². The Morgan fingerprint density at radius 1 is 1.21 bits per heavy atom. The first-order valence-electron chi connectivity index (χ1n) is 4.33. The van der Waals surface area contributed by atoms with Crippen LogP contribution in [0.1, 0.15) is 0 Å². The zero-order valence-corrected chi connectivity index (χ0v) is 10.2. The number of hydrogen-bond donors (Lipinski definition) is 1. The van der Waals surface area contributed by atoms with Crippen LogP contribution in [0.5, 0.6) is 0 Å². The molecule has 2 rings (SSSR count). The van der Waals surface area contributed by atoms with Crippen LogP contribution in [0, 0.1) is 0 Å². The molecule has 0 atom stereocenters. The standard InChI is InChI=1S/C11H10BrNS/c1-13-9-4-2-3-8(7-9)10-5-6-11(12)14-10/h2-7,13H,1H3. The molecule has 1 aromatic heterocycles. The maximum Gasteiger partial charge on any atom is 0.0705 e. The zero-order valence-electron chi connectivity index (χ0n) is 7.75. The maximum absolute atomic E-state index is 3.47. The Labute approximate surface area is 95.9 Å². The Hall–Kier alpha value is -0.800. The summed E-state index contributed by atoms with van der Waals surface area (Å²) in [6.45, 7) is 0. The quantitative estimate of drug-likeness (QED) is 0.859. The Morgan fingerprint density at radius 3 is 2.71 bits per heavy atom. The third-order valence-electron chi connectivity index (χ3n) is 2.01. The van der Waals surface area contributed by atoms with Crippen LogP contribution >= 0.6 is 27.3 Å². The van der Waals surface area contributed by atoms with Gasteiger partial charge in [0, 0.05) is 17.6 Å². The van der Waals surface area contributed by atoms with Crippen molar-refractivity contribution in [3.63, 3.8) is 0 Å². The van der Waals surface area contributed by atoms with Gasteiger partial charge in [-0.3, -0.25) is 0 Å². The van der Waals surface area contributed by atoms with Crippen LogP contribution in [0.15, 0.2) is 40.2 Å². The topological polar surface area (TPSA) is 12.0 Å². The molecule has 72 valence electrons. The van der Waals surface area contributed by atoms with Crippen LogP contribution < -0.4 is 5.32 Å². The van der Waals surface area contributed by atoms with E-state index in [4.69, 9.17) is 0 Å². The predicted octanol–water partition coefficient (Wildman–Crippen LogP) is 4.22. The van der Waals surface area contributed by atoms with Gasteiger partial charge >= 0.3 is 0 Å². The molecule has 0 fully saturated rings. The lowest BCUT2D eigenvalue weighted by molar-refractivity contribution is 1.51. The lowest BCUT2D eigenvalue weighted by Gasteiger charge is -2.02. The van der Waals surface area contributed by atoms with E-state index in [1.807, 2.05) is 7.05 Å². The van der Waals surface area contributed by atoms with Gasteiger partial charge in [0.05, 0.1) is 3.79 Å². The fourth-order valence-corrected chi connectivity index (χ4v) is 2.68. The van der Waals surface area contributed by atoms with Crippen molar-refractivity contribution in [2.75, 3.05) is 12.4 Å². The summed E-state index contributed by atoms with van der Waals surface area (Å²) in [5, 5.41) is 3.14. The summed E-state index contributed by atoms with van der Waals surface area (Å²) in [6, 6.07) is 12.6. The number of hydrogen-bond acceptors (Lipinski definition) is 2. The van der Waals surface area contributed by atoms with Crippen molar-refractivity contribution in [2.24, 2.45) is 0 Å². The van der Waals surface area contributed by atoms with Crippen LogP contribution in [0.25, 0.3) is 10.4 Å². The summed E-state index contributed by atoms with van der Waals surface area (Å²) in [7, 11) is 1.93. The minimum Gasteiger partial charge on any atom is -0.388 e. The number of anilines is 1. The Balaban J connectivity index is 2.41. The Morgan fingerprint density at radius 2 is 2.07 bits per heavy atom. The molecule has 1 aromatic carbocycles. The summed E-state index contributed by atoms with van der Waals surface area (Å²) in [6.07, 6.45) is 0. The van der Waals surface area contributed by atoms with Gasteiger partial charge in [-0.05, 0) is 45.8 Å². The zero-order chi connectivity index (χ0) is 9.97. The van der Waals surface area contributed by atoms with Crippen LogP contribution in [0.4, 0.5) is 5.69 Å². The summed E-state index contributed by atoms with van der Waals surface area (Å²) in [4.78, 5) is 1.29.